The third-order valence-corrected chi connectivity index (χ3v) is 5.13. The molecule has 0 saturated carbocycles. The van der Waals surface area contributed by atoms with Gasteiger partial charge in [-0.3, -0.25) is 0 Å². The zero-order valence-corrected chi connectivity index (χ0v) is 11.5. The van der Waals surface area contributed by atoms with E-state index in [4.69, 9.17) is 0 Å². The predicted octanol–water partition coefficient (Wildman–Crippen LogP) is 3.77. The molecule has 0 radical (unpaired) electrons. The summed E-state index contributed by atoms with van der Waals surface area (Å²) in [6, 6.07) is 6.74. The largest absolute Gasteiger partial charge is 0.334 e. The van der Waals surface area contributed by atoms with E-state index in [9.17, 15) is 0 Å². The van der Waals surface area contributed by atoms with Crippen LogP contribution in [0.15, 0.2) is 59.8 Å². The molecule has 2 heterocycles. The van der Waals surface area contributed by atoms with E-state index in [0.29, 0.717) is 11.2 Å². The highest BCUT2D eigenvalue weighted by atomic mass is 32.2. The summed E-state index contributed by atoms with van der Waals surface area (Å²) in [4.78, 5) is 5.82. The molecular formula is C16H14N2S. The number of benzene rings is 1. The molecule has 1 aromatic carbocycles. The fraction of sp³-hybridized carbons (Fsp3) is 0.188. The van der Waals surface area contributed by atoms with Crippen LogP contribution in [0, 0.1) is 0 Å². The fourth-order valence-corrected chi connectivity index (χ4v) is 4.20. The molecule has 2 aromatic rings. The number of nitrogens with zero attached hydrogens (tertiary/aromatic N) is 2. The van der Waals surface area contributed by atoms with Crippen LogP contribution in [-0.2, 0) is 7.05 Å². The number of fused-ring (bicyclic) bond motifs is 3. The highest BCUT2D eigenvalue weighted by Gasteiger charge is 2.31. The molecule has 94 valence electrons. The summed E-state index contributed by atoms with van der Waals surface area (Å²) in [6.07, 6.45) is 12.8. The molecular weight excluding hydrogens is 252 g/mol. The second kappa shape index (κ2) is 4.14. The van der Waals surface area contributed by atoms with E-state index in [1.165, 1.54) is 16.0 Å². The Kier molecular flexibility index (Phi) is 2.42. The van der Waals surface area contributed by atoms with E-state index in [1.807, 2.05) is 31.2 Å². The topological polar surface area (TPSA) is 17.8 Å². The van der Waals surface area contributed by atoms with Crippen LogP contribution in [0.1, 0.15) is 11.5 Å². The molecule has 2 nitrogen and oxygen atoms in total. The molecule has 0 N–H and O–H groups in total. The third-order valence-electron chi connectivity index (χ3n) is 3.80. The van der Waals surface area contributed by atoms with Crippen molar-refractivity contribution in [1.82, 2.24) is 9.55 Å². The van der Waals surface area contributed by atoms with Gasteiger partial charge in [-0.25, -0.2) is 4.98 Å². The van der Waals surface area contributed by atoms with Gasteiger partial charge in [0.1, 0.15) is 5.82 Å². The van der Waals surface area contributed by atoms with Gasteiger partial charge in [-0.1, -0.05) is 36.4 Å². The van der Waals surface area contributed by atoms with Gasteiger partial charge in [0.05, 0.1) is 0 Å². The van der Waals surface area contributed by atoms with E-state index in [0.717, 1.165) is 5.82 Å². The lowest BCUT2D eigenvalue weighted by Gasteiger charge is -2.14. The summed E-state index contributed by atoms with van der Waals surface area (Å²) in [5.41, 5.74) is 2.65. The second-order valence-corrected chi connectivity index (χ2v) is 6.21. The molecule has 1 aromatic heterocycles. The Balaban J connectivity index is 1.79. The van der Waals surface area contributed by atoms with E-state index in [-0.39, 0.29) is 0 Å². The van der Waals surface area contributed by atoms with Gasteiger partial charge in [-0.2, -0.15) is 0 Å². The SMILES string of the molecule is Cn1ccnc1-c1ccc2c(c1)SC1C=CC=CC21. The molecule has 19 heavy (non-hydrogen) atoms. The molecule has 2 unspecified atom stereocenters. The summed E-state index contributed by atoms with van der Waals surface area (Å²) < 4.78 is 2.06. The maximum atomic E-state index is 4.43. The predicted molar refractivity (Wildman–Crippen MR) is 79.3 cm³/mol. The number of allylic oxidation sites excluding steroid dienone is 3. The van der Waals surface area contributed by atoms with Crippen molar-refractivity contribution >= 4 is 11.8 Å². The Hall–Kier alpha value is -1.74. The number of thioether (sulfide) groups is 1. The minimum atomic E-state index is 0.542. The van der Waals surface area contributed by atoms with E-state index < -0.39 is 0 Å². The Morgan fingerprint density at radius 1 is 1.21 bits per heavy atom. The van der Waals surface area contributed by atoms with Gasteiger partial charge in [0.15, 0.2) is 0 Å². The minimum absolute atomic E-state index is 0.542. The molecule has 1 aliphatic heterocycles. The zero-order valence-electron chi connectivity index (χ0n) is 10.7. The average molecular weight is 266 g/mol. The van der Waals surface area contributed by atoms with Gasteiger partial charge >= 0.3 is 0 Å². The number of aryl methyl sites for hydroxylation is 1. The number of hydrogen-bond acceptors (Lipinski definition) is 2. The first-order chi connectivity index (χ1) is 9.33. The van der Waals surface area contributed by atoms with Crippen LogP contribution in [0.3, 0.4) is 0 Å². The fourth-order valence-electron chi connectivity index (χ4n) is 2.82. The molecule has 0 amide bonds. The number of rotatable bonds is 1. The molecule has 2 atom stereocenters. The van der Waals surface area contributed by atoms with Crippen LogP contribution in [0.25, 0.3) is 11.4 Å². The van der Waals surface area contributed by atoms with Crippen LogP contribution >= 0.6 is 11.8 Å². The van der Waals surface area contributed by atoms with Crippen LogP contribution in [0.2, 0.25) is 0 Å². The molecule has 0 bridgehead atoms. The van der Waals surface area contributed by atoms with Gasteiger partial charge < -0.3 is 4.57 Å². The Labute approximate surface area is 116 Å². The van der Waals surface area contributed by atoms with Crippen LogP contribution in [0.4, 0.5) is 0 Å². The molecule has 3 heteroatoms. The van der Waals surface area contributed by atoms with Crippen molar-refractivity contribution in [2.24, 2.45) is 7.05 Å². The van der Waals surface area contributed by atoms with Crippen molar-refractivity contribution in [3.63, 3.8) is 0 Å². The van der Waals surface area contributed by atoms with Crippen LogP contribution < -0.4 is 0 Å². The maximum absolute atomic E-state index is 4.43. The number of hydrogen-bond donors (Lipinski definition) is 0. The van der Waals surface area contributed by atoms with Gasteiger partial charge in [-0.05, 0) is 11.6 Å². The van der Waals surface area contributed by atoms with Crippen LogP contribution in [-0.4, -0.2) is 14.8 Å². The van der Waals surface area contributed by atoms with E-state index >= 15 is 0 Å². The number of aromatic nitrogens is 2. The lowest BCUT2D eigenvalue weighted by atomic mass is 9.92. The molecule has 1 aliphatic carbocycles. The Morgan fingerprint density at radius 2 is 2.11 bits per heavy atom. The standard InChI is InChI=1S/C16H14N2S/c1-18-9-8-17-16(18)11-6-7-13-12-4-2-3-5-14(12)19-15(13)10-11/h2-10,12,14H,1H3. The summed E-state index contributed by atoms with van der Waals surface area (Å²) >= 11 is 1.96. The highest BCUT2D eigenvalue weighted by Crippen LogP contribution is 2.48. The quantitative estimate of drug-likeness (QED) is 0.782. The minimum Gasteiger partial charge on any atom is -0.334 e. The molecule has 0 spiro atoms. The lowest BCUT2D eigenvalue weighted by molar-refractivity contribution is 0.879. The first-order valence-electron chi connectivity index (χ1n) is 6.46. The van der Waals surface area contributed by atoms with Gasteiger partial charge in [-0.15, -0.1) is 11.8 Å². The van der Waals surface area contributed by atoms with Crippen molar-refractivity contribution in [2.45, 2.75) is 16.1 Å². The van der Waals surface area contributed by atoms with Crippen LogP contribution in [0.5, 0.6) is 0 Å². The summed E-state index contributed by atoms with van der Waals surface area (Å²) in [6.45, 7) is 0. The summed E-state index contributed by atoms with van der Waals surface area (Å²) in [7, 11) is 2.04. The highest BCUT2D eigenvalue weighted by molar-refractivity contribution is 8.00. The Bertz CT molecular complexity index is 697. The molecule has 0 fully saturated rings. The normalized spacial score (nSPS) is 23.4. The van der Waals surface area contributed by atoms with Gasteiger partial charge in [0.25, 0.3) is 0 Å². The van der Waals surface area contributed by atoms with E-state index in [2.05, 4.69) is 52.1 Å². The van der Waals surface area contributed by atoms with Gasteiger partial charge in [0, 0.05) is 41.1 Å². The van der Waals surface area contributed by atoms with E-state index in [1.54, 1.807) is 0 Å². The van der Waals surface area contributed by atoms with Crippen molar-refractivity contribution in [3.8, 4) is 11.4 Å². The van der Waals surface area contributed by atoms with Crippen molar-refractivity contribution in [2.75, 3.05) is 0 Å². The first kappa shape index (κ1) is 11.1. The second-order valence-electron chi connectivity index (χ2n) is 4.99. The van der Waals surface area contributed by atoms with Crippen molar-refractivity contribution in [1.29, 1.82) is 0 Å². The van der Waals surface area contributed by atoms with Crippen molar-refractivity contribution in [3.05, 3.63) is 60.5 Å². The molecule has 4 rings (SSSR count). The zero-order chi connectivity index (χ0) is 12.8. The smallest absolute Gasteiger partial charge is 0.139 e. The number of imidazole rings is 1. The summed E-state index contributed by atoms with van der Waals surface area (Å²) in [5, 5.41) is 0.566. The lowest BCUT2D eigenvalue weighted by Crippen LogP contribution is -2.06. The van der Waals surface area contributed by atoms with Gasteiger partial charge in [0.2, 0.25) is 0 Å². The Morgan fingerprint density at radius 3 is 2.95 bits per heavy atom. The average Bonchev–Trinajstić information content (AvgIpc) is 3.01. The molecule has 0 saturated heterocycles. The first-order valence-corrected chi connectivity index (χ1v) is 7.34. The molecule has 2 aliphatic rings. The third kappa shape index (κ3) is 1.69. The maximum Gasteiger partial charge on any atom is 0.139 e. The monoisotopic (exact) mass is 266 g/mol. The summed E-state index contributed by atoms with van der Waals surface area (Å²) in [5.74, 6) is 1.57. The van der Waals surface area contributed by atoms with Crippen molar-refractivity contribution < 1.29 is 0 Å².